The Balaban J connectivity index is 1.73. The number of sulfonamides is 1. The van der Waals surface area contributed by atoms with Crippen molar-refractivity contribution in [2.75, 3.05) is 33.4 Å². The Kier molecular flexibility index (Phi) is 6.35. The van der Waals surface area contributed by atoms with Crippen molar-refractivity contribution >= 4 is 10.0 Å². The smallest absolute Gasteiger partial charge is 0.416 e. The Labute approximate surface area is 166 Å². The van der Waals surface area contributed by atoms with Crippen LogP contribution in [0.3, 0.4) is 0 Å². The molecule has 0 amide bonds. The Morgan fingerprint density at radius 3 is 2.24 bits per heavy atom. The molecule has 158 valence electrons. The summed E-state index contributed by atoms with van der Waals surface area (Å²) in [5.74, 6) is 0.738. The SMILES string of the molecule is COc1ccc(S(=O)(=O)N2CCOC[C@H](Oc3ccc(C(F)(F)F)cc3)C2)cc1. The van der Waals surface area contributed by atoms with Crippen LogP contribution >= 0.6 is 0 Å². The molecule has 6 nitrogen and oxygen atoms in total. The molecule has 1 atom stereocenters. The van der Waals surface area contributed by atoms with E-state index < -0.39 is 27.9 Å². The predicted octanol–water partition coefficient (Wildman–Crippen LogP) is 3.18. The lowest BCUT2D eigenvalue weighted by atomic mass is 10.2. The maximum absolute atomic E-state index is 12.9. The maximum Gasteiger partial charge on any atom is 0.416 e. The van der Waals surface area contributed by atoms with Gasteiger partial charge in [-0.2, -0.15) is 17.5 Å². The minimum absolute atomic E-state index is 0.00931. The molecule has 3 rings (SSSR count). The molecule has 29 heavy (non-hydrogen) atoms. The van der Waals surface area contributed by atoms with Gasteiger partial charge in [0.1, 0.15) is 17.6 Å². The lowest BCUT2D eigenvalue weighted by Gasteiger charge is -2.24. The zero-order valence-electron chi connectivity index (χ0n) is 15.6. The van der Waals surface area contributed by atoms with Gasteiger partial charge in [0.2, 0.25) is 10.0 Å². The molecule has 10 heteroatoms. The summed E-state index contributed by atoms with van der Waals surface area (Å²) in [5, 5.41) is 0. The van der Waals surface area contributed by atoms with Crippen LogP contribution in [0.15, 0.2) is 53.4 Å². The lowest BCUT2D eigenvalue weighted by Crippen LogP contribution is -2.39. The predicted molar refractivity (Wildman–Crippen MR) is 98.4 cm³/mol. The van der Waals surface area contributed by atoms with Crippen molar-refractivity contribution < 1.29 is 35.8 Å². The first-order chi connectivity index (χ1) is 13.7. The third-order valence-electron chi connectivity index (χ3n) is 4.38. The second-order valence-electron chi connectivity index (χ2n) is 6.38. The number of nitrogens with zero attached hydrogens (tertiary/aromatic N) is 1. The summed E-state index contributed by atoms with van der Waals surface area (Å²) in [5.41, 5.74) is -0.786. The van der Waals surface area contributed by atoms with E-state index in [0.29, 0.717) is 5.75 Å². The fourth-order valence-electron chi connectivity index (χ4n) is 2.85. The normalized spacial score (nSPS) is 18.8. The standard InChI is InChI=1S/C19H20F3NO5S/c1-26-15-6-8-18(9-7-15)29(24,25)23-10-11-27-13-17(12-23)28-16-4-2-14(3-5-16)19(20,21)22/h2-9,17H,10-13H2,1H3/t17-/m1/s1. The van der Waals surface area contributed by atoms with E-state index in [-0.39, 0.29) is 36.9 Å². The van der Waals surface area contributed by atoms with Crippen molar-refractivity contribution in [1.82, 2.24) is 4.31 Å². The first kappa shape index (κ1) is 21.4. The molecule has 0 radical (unpaired) electrons. The number of hydrogen-bond donors (Lipinski definition) is 0. The molecule has 2 aromatic rings. The summed E-state index contributed by atoms with van der Waals surface area (Å²) < 4.78 is 81.3. The van der Waals surface area contributed by atoms with Gasteiger partial charge in [-0.3, -0.25) is 0 Å². The van der Waals surface area contributed by atoms with E-state index in [1.807, 2.05) is 0 Å². The van der Waals surface area contributed by atoms with Crippen LogP contribution in [-0.4, -0.2) is 52.2 Å². The van der Waals surface area contributed by atoms with Crippen LogP contribution < -0.4 is 9.47 Å². The molecule has 1 heterocycles. The number of rotatable bonds is 5. The van der Waals surface area contributed by atoms with Gasteiger partial charge in [-0.05, 0) is 48.5 Å². The highest BCUT2D eigenvalue weighted by atomic mass is 32.2. The van der Waals surface area contributed by atoms with Gasteiger partial charge < -0.3 is 14.2 Å². The Morgan fingerprint density at radius 2 is 1.66 bits per heavy atom. The Morgan fingerprint density at radius 1 is 1.03 bits per heavy atom. The third kappa shape index (κ3) is 5.20. The lowest BCUT2D eigenvalue weighted by molar-refractivity contribution is -0.137. The first-order valence-corrected chi connectivity index (χ1v) is 10.2. The molecule has 0 saturated carbocycles. The van der Waals surface area contributed by atoms with Crippen LogP contribution in [0.2, 0.25) is 0 Å². The number of benzene rings is 2. The molecule has 1 fully saturated rings. The molecule has 0 N–H and O–H groups in total. The summed E-state index contributed by atoms with van der Waals surface area (Å²) in [4.78, 5) is 0.105. The van der Waals surface area contributed by atoms with Crippen LogP contribution in [0.4, 0.5) is 13.2 Å². The summed E-state index contributed by atoms with van der Waals surface area (Å²) in [6.07, 6.45) is -5.10. The zero-order valence-corrected chi connectivity index (χ0v) is 16.4. The quantitative estimate of drug-likeness (QED) is 0.728. The molecule has 1 aliphatic heterocycles. The molecule has 0 aromatic heterocycles. The van der Waals surface area contributed by atoms with Crippen LogP contribution in [0.5, 0.6) is 11.5 Å². The minimum atomic E-state index is -4.44. The summed E-state index contributed by atoms with van der Waals surface area (Å²) in [6, 6.07) is 10.2. The van der Waals surface area contributed by atoms with E-state index in [9.17, 15) is 21.6 Å². The third-order valence-corrected chi connectivity index (χ3v) is 6.26. The minimum Gasteiger partial charge on any atom is -0.497 e. The van der Waals surface area contributed by atoms with Gasteiger partial charge in [0.15, 0.2) is 0 Å². The van der Waals surface area contributed by atoms with Crippen molar-refractivity contribution in [3.8, 4) is 11.5 Å². The van der Waals surface area contributed by atoms with Crippen LogP contribution in [0, 0.1) is 0 Å². The molecule has 0 spiro atoms. The van der Waals surface area contributed by atoms with E-state index in [0.717, 1.165) is 12.1 Å². The highest BCUT2D eigenvalue weighted by Crippen LogP contribution is 2.30. The van der Waals surface area contributed by atoms with Crippen molar-refractivity contribution in [1.29, 1.82) is 0 Å². The second-order valence-corrected chi connectivity index (χ2v) is 8.31. The number of alkyl halides is 3. The number of ether oxygens (including phenoxy) is 3. The average molecular weight is 431 g/mol. The van der Waals surface area contributed by atoms with Crippen molar-refractivity contribution in [2.45, 2.75) is 17.2 Å². The van der Waals surface area contributed by atoms with Crippen molar-refractivity contribution in [3.63, 3.8) is 0 Å². The van der Waals surface area contributed by atoms with Gasteiger partial charge in [-0.15, -0.1) is 0 Å². The topological polar surface area (TPSA) is 65.1 Å². The Bertz CT molecular complexity index is 914. The number of methoxy groups -OCH3 is 1. The fraction of sp³-hybridized carbons (Fsp3) is 0.368. The van der Waals surface area contributed by atoms with Gasteiger partial charge in [-0.25, -0.2) is 8.42 Å². The van der Waals surface area contributed by atoms with Crippen molar-refractivity contribution in [2.24, 2.45) is 0 Å². The molecular weight excluding hydrogens is 411 g/mol. The summed E-state index contributed by atoms with van der Waals surface area (Å²) in [6.45, 7) is 0.453. The molecule has 0 unspecified atom stereocenters. The van der Waals surface area contributed by atoms with E-state index in [2.05, 4.69) is 0 Å². The molecule has 2 aromatic carbocycles. The molecule has 1 saturated heterocycles. The van der Waals surface area contributed by atoms with Gasteiger partial charge in [0, 0.05) is 6.54 Å². The monoisotopic (exact) mass is 431 g/mol. The highest BCUT2D eigenvalue weighted by molar-refractivity contribution is 7.89. The molecule has 0 aliphatic carbocycles. The average Bonchev–Trinajstić information content (AvgIpc) is 2.94. The molecule has 1 aliphatic rings. The van der Waals surface area contributed by atoms with Crippen LogP contribution in [-0.2, 0) is 20.9 Å². The van der Waals surface area contributed by atoms with Crippen LogP contribution in [0.1, 0.15) is 5.56 Å². The van der Waals surface area contributed by atoms with Crippen LogP contribution in [0.25, 0.3) is 0 Å². The second kappa shape index (κ2) is 8.60. The summed E-state index contributed by atoms with van der Waals surface area (Å²) >= 11 is 0. The maximum atomic E-state index is 12.9. The van der Waals surface area contributed by atoms with Gasteiger partial charge in [0.05, 0.1) is 37.3 Å². The van der Waals surface area contributed by atoms with Gasteiger partial charge in [0.25, 0.3) is 0 Å². The first-order valence-electron chi connectivity index (χ1n) is 8.76. The van der Waals surface area contributed by atoms with Gasteiger partial charge in [-0.1, -0.05) is 0 Å². The highest BCUT2D eigenvalue weighted by Gasteiger charge is 2.32. The Hall–Kier alpha value is -2.30. The van der Waals surface area contributed by atoms with Gasteiger partial charge >= 0.3 is 6.18 Å². The molecule has 0 bridgehead atoms. The van der Waals surface area contributed by atoms with E-state index >= 15 is 0 Å². The fourth-order valence-corrected chi connectivity index (χ4v) is 4.31. The van der Waals surface area contributed by atoms with E-state index in [1.54, 1.807) is 12.1 Å². The van der Waals surface area contributed by atoms with E-state index in [1.165, 1.54) is 35.7 Å². The number of halogens is 3. The van der Waals surface area contributed by atoms with Crippen molar-refractivity contribution in [3.05, 3.63) is 54.1 Å². The largest absolute Gasteiger partial charge is 0.497 e. The van der Waals surface area contributed by atoms with E-state index in [4.69, 9.17) is 14.2 Å². The molecular formula is C19H20F3NO5S. The number of hydrogen-bond acceptors (Lipinski definition) is 5. The zero-order chi connectivity index (χ0) is 21.1. The summed E-state index contributed by atoms with van der Waals surface area (Å²) in [7, 11) is -2.31.